The van der Waals surface area contributed by atoms with Crippen LogP contribution in [0.15, 0.2) is 17.5 Å². The van der Waals surface area contributed by atoms with E-state index in [0.29, 0.717) is 4.88 Å². The molecule has 0 aliphatic carbocycles. The van der Waals surface area contributed by atoms with E-state index in [-0.39, 0.29) is 0 Å². The number of rotatable bonds is 4. The third-order valence-electron chi connectivity index (χ3n) is 3.02. The first-order valence-electron chi connectivity index (χ1n) is 5.98. The number of esters is 1. The summed E-state index contributed by atoms with van der Waals surface area (Å²) in [7, 11) is 1.30. The third kappa shape index (κ3) is 3.00. The standard InChI is InChI=1S/C12H16O7S/c1-17-12-9(15)10(8(14)6(5-13)18-12)19-11(16)7-3-2-4-20-7/h2-4,6,8-10,12-15H,5H2,1H3/t6-,8-,9-,10+,12+/m1/s1. The monoisotopic (exact) mass is 304 g/mol. The molecule has 8 heteroatoms. The maximum atomic E-state index is 11.9. The van der Waals surface area contributed by atoms with Gasteiger partial charge in [0, 0.05) is 7.11 Å². The Morgan fingerprint density at radius 2 is 2.20 bits per heavy atom. The molecule has 3 N–H and O–H groups in total. The molecule has 1 aromatic rings. The first-order chi connectivity index (χ1) is 9.58. The highest BCUT2D eigenvalue weighted by atomic mass is 32.1. The topological polar surface area (TPSA) is 105 Å². The van der Waals surface area contributed by atoms with Crippen LogP contribution in [0.25, 0.3) is 0 Å². The first-order valence-corrected chi connectivity index (χ1v) is 6.86. The van der Waals surface area contributed by atoms with Gasteiger partial charge in [0.05, 0.1) is 6.61 Å². The maximum absolute atomic E-state index is 11.9. The lowest BCUT2D eigenvalue weighted by molar-refractivity contribution is -0.293. The third-order valence-corrected chi connectivity index (χ3v) is 3.87. The van der Waals surface area contributed by atoms with E-state index in [0.717, 1.165) is 0 Å². The number of thiophene rings is 1. The van der Waals surface area contributed by atoms with Crippen molar-refractivity contribution in [2.75, 3.05) is 13.7 Å². The summed E-state index contributed by atoms with van der Waals surface area (Å²) in [6.07, 6.45) is -6.01. The molecule has 0 aromatic carbocycles. The van der Waals surface area contributed by atoms with Crippen LogP contribution in [0.3, 0.4) is 0 Å². The van der Waals surface area contributed by atoms with Crippen molar-refractivity contribution in [3.63, 3.8) is 0 Å². The zero-order chi connectivity index (χ0) is 14.7. The van der Waals surface area contributed by atoms with Gasteiger partial charge in [-0.1, -0.05) is 6.07 Å². The average molecular weight is 304 g/mol. The average Bonchev–Trinajstić information content (AvgIpc) is 2.98. The molecule has 0 unspecified atom stereocenters. The van der Waals surface area contributed by atoms with E-state index in [1.807, 2.05) is 0 Å². The van der Waals surface area contributed by atoms with Crippen LogP contribution in [0.2, 0.25) is 0 Å². The lowest BCUT2D eigenvalue weighted by atomic mass is 9.99. The molecular weight excluding hydrogens is 288 g/mol. The van der Waals surface area contributed by atoms with Crippen molar-refractivity contribution in [1.29, 1.82) is 0 Å². The zero-order valence-corrected chi connectivity index (χ0v) is 11.5. The summed E-state index contributed by atoms with van der Waals surface area (Å²) in [5, 5.41) is 30.8. The summed E-state index contributed by atoms with van der Waals surface area (Å²) in [4.78, 5) is 12.2. The summed E-state index contributed by atoms with van der Waals surface area (Å²) in [6, 6.07) is 3.26. The molecule has 0 spiro atoms. The molecule has 0 saturated carbocycles. The largest absolute Gasteiger partial charge is 0.452 e. The number of carbonyl (C=O) groups excluding carboxylic acids is 1. The van der Waals surface area contributed by atoms with E-state index in [1.54, 1.807) is 17.5 Å². The highest BCUT2D eigenvalue weighted by Gasteiger charge is 2.47. The fourth-order valence-corrected chi connectivity index (χ4v) is 2.57. The second kappa shape index (κ2) is 6.61. The number of carbonyl (C=O) groups is 1. The Balaban J connectivity index is 2.12. The molecular formula is C12H16O7S. The minimum atomic E-state index is -1.35. The zero-order valence-electron chi connectivity index (χ0n) is 10.7. The van der Waals surface area contributed by atoms with E-state index in [4.69, 9.17) is 19.3 Å². The predicted molar refractivity (Wildman–Crippen MR) is 68.3 cm³/mol. The van der Waals surface area contributed by atoms with E-state index >= 15 is 0 Å². The van der Waals surface area contributed by atoms with Crippen LogP contribution in [0.4, 0.5) is 0 Å². The van der Waals surface area contributed by atoms with Gasteiger partial charge in [0.1, 0.15) is 23.2 Å². The molecule has 0 amide bonds. The van der Waals surface area contributed by atoms with Crippen molar-refractivity contribution in [2.45, 2.75) is 30.7 Å². The molecule has 1 fully saturated rings. The highest BCUT2D eigenvalue weighted by Crippen LogP contribution is 2.25. The number of aliphatic hydroxyl groups is 3. The van der Waals surface area contributed by atoms with E-state index in [9.17, 15) is 15.0 Å². The van der Waals surface area contributed by atoms with Crippen LogP contribution < -0.4 is 0 Å². The second-order valence-electron chi connectivity index (χ2n) is 4.29. The van der Waals surface area contributed by atoms with Gasteiger partial charge in [-0.15, -0.1) is 11.3 Å². The molecule has 0 bridgehead atoms. The first kappa shape index (κ1) is 15.4. The van der Waals surface area contributed by atoms with Gasteiger partial charge < -0.3 is 29.5 Å². The summed E-state index contributed by atoms with van der Waals surface area (Å²) in [6.45, 7) is -0.485. The molecule has 5 atom stereocenters. The molecule has 1 aliphatic heterocycles. The lowest BCUT2D eigenvalue weighted by Gasteiger charge is -2.40. The Morgan fingerprint density at radius 1 is 1.45 bits per heavy atom. The van der Waals surface area contributed by atoms with Crippen molar-refractivity contribution in [1.82, 2.24) is 0 Å². The number of methoxy groups -OCH3 is 1. The number of hydrogen-bond acceptors (Lipinski definition) is 8. The van der Waals surface area contributed by atoms with E-state index in [1.165, 1.54) is 18.4 Å². The summed E-state index contributed by atoms with van der Waals surface area (Å²) >= 11 is 1.19. The molecule has 1 aromatic heterocycles. The Labute approximate surface area is 119 Å². The normalized spacial score (nSPS) is 33.9. The van der Waals surface area contributed by atoms with E-state index in [2.05, 4.69) is 0 Å². The number of hydrogen-bond donors (Lipinski definition) is 3. The van der Waals surface area contributed by atoms with Gasteiger partial charge in [0.2, 0.25) is 0 Å². The van der Waals surface area contributed by atoms with Gasteiger partial charge in [-0.05, 0) is 11.4 Å². The Morgan fingerprint density at radius 3 is 2.75 bits per heavy atom. The van der Waals surface area contributed by atoms with E-state index < -0.39 is 43.3 Å². The van der Waals surface area contributed by atoms with Gasteiger partial charge in [0.25, 0.3) is 0 Å². The Kier molecular flexibility index (Phi) is 5.08. The Hall–Kier alpha value is -1.03. The van der Waals surface area contributed by atoms with Crippen LogP contribution >= 0.6 is 11.3 Å². The van der Waals surface area contributed by atoms with Crippen LogP contribution in [0.5, 0.6) is 0 Å². The minimum Gasteiger partial charge on any atom is -0.452 e. The van der Waals surface area contributed by atoms with Crippen molar-refractivity contribution in [3.8, 4) is 0 Å². The van der Waals surface area contributed by atoms with Crippen molar-refractivity contribution in [3.05, 3.63) is 22.4 Å². The molecule has 20 heavy (non-hydrogen) atoms. The SMILES string of the molecule is CO[C@H]1O[C@H](CO)[C@@H](O)[C@H](OC(=O)c2cccs2)[C@H]1O. The van der Waals surface area contributed by atoms with Crippen molar-refractivity contribution in [2.24, 2.45) is 0 Å². The number of aliphatic hydroxyl groups excluding tert-OH is 3. The highest BCUT2D eigenvalue weighted by molar-refractivity contribution is 7.11. The minimum absolute atomic E-state index is 0.352. The second-order valence-corrected chi connectivity index (χ2v) is 5.24. The quantitative estimate of drug-likeness (QED) is 0.635. The van der Waals surface area contributed by atoms with Gasteiger partial charge in [-0.3, -0.25) is 0 Å². The molecule has 1 saturated heterocycles. The fourth-order valence-electron chi connectivity index (χ4n) is 1.96. The Bertz CT molecular complexity index is 419. The molecule has 7 nitrogen and oxygen atoms in total. The summed E-state index contributed by atoms with van der Waals surface area (Å²) in [5.74, 6) is -0.656. The van der Waals surface area contributed by atoms with Gasteiger partial charge in [-0.2, -0.15) is 0 Å². The fraction of sp³-hybridized carbons (Fsp3) is 0.583. The molecule has 0 radical (unpaired) electrons. The molecule has 112 valence electrons. The maximum Gasteiger partial charge on any atom is 0.348 e. The van der Waals surface area contributed by atoms with Gasteiger partial charge in [-0.25, -0.2) is 4.79 Å². The summed E-state index contributed by atoms with van der Waals surface area (Å²) in [5.41, 5.74) is 0. The van der Waals surface area contributed by atoms with Crippen LogP contribution in [-0.4, -0.2) is 65.7 Å². The predicted octanol–water partition coefficient (Wildman–Crippen LogP) is -0.641. The molecule has 1 aliphatic rings. The lowest BCUT2D eigenvalue weighted by Crippen LogP contribution is -2.60. The van der Waals surface area contributed by atoms with Crippen LogP contribution in [0.1, 0.15) is 9.67 Å². The van der Waals surface area contributed by atoms with Gasteiger partial charge in [0.15, 0.2) is 12.4 Å². The number of ether oxygens (including phenoxy) is 3. The molecule has 2 rings (SSSR count). The summed E-state index contributed by atoms with van der Waals surface area (Å²) < 4.78 is 15.2. The van der Waals surface area contributed by atoms with Crippen molar-refractivity contribution >= 4 is 17.3 Å². The van der Waals surface area contributed by atoms with Gasteiger partial charge >= 0.3 is 5.97 Å². The van der Waals surface area contributed by atoms with Crippen LogP contribution in [0, 0.1) is 0 Å². The smallest absolute Gasteiger partial charge is 0.348 e. The molecule has 2 heterocycles. The van der Waals surface area contributed by atoms with Crippen molar-refractivity contribution < 1.29 is 34.3 Å². The van der Waals surface area contributed by atoms with Crippen LogP contribution in [-0.2, 0) is 14.2 Å².